The number of benzene rings is 2. The van der Waals surface area contributed by atoms with E-state index in [9.17, 15) is 5.11 Å². The molecular weight excluding hydrogens is 324 g/mol. The number of rotatable bonds is 5. The maximum Gasteiger partial charge on any atom is 0.261 e. The summed E-state index contributed by atoms with van der Waals surface area (Å²) in [5.41, 5.74) is -0.501. The summed E-state index contributed by atoms with van der Waals surface area (Å²) in [5.74, 6) is 0.455. The van der Waals surface area contributed by atoms with Gasteiger partial charge in [-0.1, -0.05) is 81.4 Å². The van der Waals surface area contributed by atoms with Crippen molar-refractivity contribution in [1.82, 2.24) is 0 Å². The van der Waals surface area contributed by atoms with Crippen molar-refractivity contribution in [3.05, 3.63) is 60.7 Å². The molecular formula is C22H30O2Si. The summed E-state index contributed by atoms with van der Waals surface area (Å²) < 4.78 is 6.89. The van der Waals surface area contributed by atoms with Crippen LogP contribution in [-0.4, -0.2) is 25.6 Å². The van der Waals surface area contributed by atoms with Crippen LogP contribution in [0, 0.1) is 5.92 Å². The molecule has 2 aromatic carbocycles. The predicted octanol–water partition coefficient (Wildman–Crippen LogP) is 3.72. The van der Waals surface area contributed by atoms with Crippen molar-refractivity contribution in [3.63, 3.8) is 0 Å². The molecule has 0 amide bonds. The first-order valence-electron chi connectivity index (χ1n) is 9.22. The first kappa shape index (κ1) is 18.4. The molecule has 25 heavy (non-hydrogen) atoms. The Bertz CT molecular complexity index is 641. The minimum Gasteiger partial charge on any atom is -0.407 e. The summed E-state index contributed by atoms with van der Waals surface area (Å²) in [7, 11) is -2.42. The number of hydrogen-bond acceptors (Lipinski definition) is 2. The Kier molecular flexibility index (Phi) is 4.93. The third-order valence-electron chi connectivity index (χ3n) is 5.41. The van der Waals surface area contributed by atoms with Crippen molar-refractivity contribution in [2.24, 2.45) is 5.92 Å². The van der Waals surface area contributed by atoms with E-state index in [0.717, 1.165) is 19.4 Å². The van der Waals surface area contributed by atoms with E-state index < -0.39 is 13.9 Å². The Balaban J connectivity index is 2.00. The molecule has 0 heterocycles. The minimum absolute atomic E-state index is 0.0158. The van der Waals surface area contributed by atoms with Crippen molar-refractivity contribution in [2.75, 3.05) is 6.61 Å². The molecule has 0 saturated heterocycles. The van der Waals surface area contributed by atoms with E-state index in [4.69, 9.17) is 4.43 Å². The molecule has 3 rings (SSSR count). The van der Waals surface area contributed by atoms with Gasteiger partial charge in [-0.25, -0.2) is 0 Å². The molecule has 1 aliphatic rings. The van der Waals surface area contributed by atoms with Gasteiger partial charge in [0.2, 0.25) is 0 Å². The van der Waals surface area contributed by atoms with Crippen molar-refractivity contribution < 1.29 is 9.53 Å². The minimum atomic E-state index is -2.42. The Morgan fingerprint density at radius 1 is 0.960 bits per heavy atom. The van der Waals surface area contributed by atoms with Crippen LogP contribution in [0.2, 0.25) is 5.04 Å². The zero-order valence-corrected chi connectivity index (χ0v) is 16.8. The van der Waals surface area contributed by atoms with Gasteiger partial charge >= 0.3 is 0 Å². The average molecular weight is 355 g/mol. The van der Waals surface area contributed by atoms with E-state index in [1.54, 1.807) is 0 Å². The highest BCUT2D eigenvalue weighted by Gasteiger charge is 2.51. The molecule has 1 N–H and O–H groups in total. The van der Waals surface area contributed by atoms with Crippen LogP contribution in [-0.2, 0) is 4.43 Å². The molecule has 1 aliphatic carbocycles. The Hall–Kier alpha value is -1.42. The van der Waals surface area contributed by atoms with Gasteiger partial charge in [-0.05, 0) is 41.1 Å². The Morgan fingerprint density at radius 3 is 1.76 bits per heavy atom. The van der Waals surface area contributed by atoms with E-state index in [2.05, 4.69) is 81.4 Å². The molecule has 1 saturated carbocycles. The van der Waals surface area contributed by atoms with Crippen LogP contribution in [0.25, 0.3) is 0 Å². The van der Waals surface area contributed by atoms with Gasteiger partial charge in [0.1, 0.15) is 0 Å². The van der Waals surface area contributed by atoms with Crippen LogP contribution in [0.4, 0.5) is 0 Å². The number of aliphatic hydroxyl groups is 1. The highest BCUT2D eigenvalue weighted by atomic mass is 28.4. The predicted molar refractivity (Wildman–Crippen MR) is 107 cm³/mol. The van der Waals surface area contributed by atoms with Gasteiger partial charge < -0.3 is 9.53 Å². The normalized spacial score (nSPS) is 24.0. The zero-order valence-electron chi connectivity index (χ0n) is 15.8. The van der Waals surface area contributed by atoms with Crippen molar-refractivity contribution in [2.45, 2.75) is 51.2 Å². The molecule has 134 valence electrons. The first-order valence-corrected chi connectivity index (χ1v) is 11.1. The molecule has 0 spiro atoms. The van der Waals surface area contributed by atoms with E-state index in [0.29, 0.717) is 5.92 Å². The summed E-state index contributed by atoms with van der Waals surface area (Å²) >= 11 is 0. The quantitative estimate of drug-likeness (QED) is 0.829. The molecule has 0 aromatic heterocycles. The van der Waals surface area contributed by atoms with Crippen LogP contribution in [0.5, 0.6) is 0 Å². The van der Waals surface area contributed by atoms with Gasteiger partial charge in [0.15, 0.2) is 0 Å². The largest absolute Gasteiger partial charge is 0.407 e. The van der Waals surface area contributed by atoms with Crippen LogP contribution < -0.4 is 10.4 Å². The van der Waals surface area contributed by atoms with Gasteiger partial charge in [-0.15, -0.1) is 0 Å². The highest BCUT2D eigenvalue weighted by molar-refractivity contribution is 6.99. The van der Waals surface area contributed by atoms with Crippen LogP contribution >= 0.6 is 0 Å². The van der Waals surface area contributed by atoms with Gasteiger partial charge in [0, 0.05) is 6.61 Å². The SMILES string of the molecule is CC(C)(C)[Si](OC[C@H]1C[C@@](C)(O)C1)(c1ccccc1)c1ccccc1. The maximum atomic E-state index is 10.1. The topological polar surface area (TPSA) is 29.5 Å². The second-order valence-corrected chi connectivity index (χ2v) is 13.1. The lowest BCUT2D eigenvalue weighted by atomic mass is 9.73. The zero-order chi connectivity index (χ0) is 18.1. The molecule has 2 nitrogen and oxygen atoms in total. The summed E-state index contributed by atoms with van der Waals surface area (Å²) in [6.45, 7) is 9.55. The van der Waals surface area contributed by atoms with Gasteiger partial charge in [-0.3, -0.25) is 0 Å². The van der Waals surface area contributed by atoms with E-state index >= 15 is 0 Å². The van der Waals surface area contributed by atoms with Crippen molar-refractivity contribution >= 4 is 18.7 Å². The molecule has 0 atom stereocenters. The van der Waals surface area contributed by atoms with Gasteiger partial charge in [0.25, 0.3) is 8.32 Å². The third kappa shape index (κ3) is 3.59. The molecule has 2 aromatic rings. The van der Waals surface area contributed by atoms with Crippen molar-refractivity contribution in [1.29, 1.82) is 0 Å². The van der Waals surface area contributed by atoms with Crippen LogP contribution in [0.1, 0.15) is 40.5 Å². The standard InChI is InChI=1S/C22H30O2Si/c1-21(2,3)25(19-11-7-5-8-12-19,20-13-9-6-10-14-20)24-17-18-15-22(4,23)16-18/h5-14,18,23H,15-17H2,1-4H3/t18-,22+. The van der Waals surface area contributed by atoms with Crippen LogP contribution in [0.3, 0.4) is 0 Å². The summed E-state index contributed by atoms with van der Waals surface area (Å²) in [4.78, 5) is 0. The van der Waals surface area contributed by atoms with Gasteiger partial charge in [0.05, 0.1) is 5.60 Å². The highest BCUT2D eigenvalue weighted by Crippen LogP contribution is 2.41. The van der Waals surface area contributed by atoms with Gasteiger partial charge in [-0.2, -0.15) is 0 Å². The second-order valence-electron chi connectivity index (χ2n) is 8.75. The Labute approximate surface area is 153 Å². The molecule has 1 fully saturated rings. The molecule has 0 aliphatic heterocycles. The number of hydrogen-bond donors (Lipinski definition) is 1. The monoisotopic (exact) mass is 354 g/mol. The molecule has 0 radical (unpaired) electrons. The second kappa shape index (κ2) is 6.71. The molecule has 3 heteroatoms. The maximum absolute atomic E-state index is 10.1. The summed E-state index contributed by atoms with van der Waals surface area (Å²) in [5, 5.41) is 12.7. The average Bonchev–Trinajstić information content (AvgIpc) is 2.54. The van der Waals surface area contributed by atoms with Crippen molar-refractivity contribution in [3.8, 4) is 0 Å². The fourth-order valence-corrected chi connectivity index (χ4v) is 8.95. The lowest BCUT2D eigenvalue weighted by molar-refractivity contribution is -0.0701. The Morgan fingerprint density at radius 2 is 1.40 bits per heavy atom. The smallest absolute Gasteiger partial charge is 0.261 e. The van der Waals surface area contributed by atoms with E-state index in [1.165, 1.54) is 10.4 Å². The summed E-state index contributed by atoms with van der Waals surface area (Å²) in [6.07, 6.45) is 1.68. The lowest BCUT2D eigenvalue weighted by Gasteiger charge is -2.46. The molecule has 0 unspecified atom stereocenters. The lowest BCUT2D eigenvalue weighted by Crippen LogP contribution is -2.67. The first-order chi connectivity index (χ1) is 11.7. The van der Waals surface area contributed by atoms with Crippen LogP contribution in [0.15, 0.2) is 60.7 Å². The van der Waals surface area contributed by atoms with E-state index in [1.807, 2.05) is 6.92 Å². The fourth-order valence-electron chi connectivity index (χ4n) is 4.31. The summed E-state index contributed by atoms with van der Waals surface area (Å²) in [6, 6.07) is 21.5. The third-order valence-corrected chi connectivity index (χ3v) is 10.4. The fraction of sp³-hybridized carbons (Fsp3) is 0.455. The molecule has 0 bridgehead atoms. The van der Waals surface area contributed by atoms with E-state index in [-0.39, 0.29) is 5.04 Å².